The third kappa shape index (κ3) is 1.70. The fourth-order valence-electron chi connectivity index (χ4n) is 1.51. The van der Waals surface area contributed by atoms with E-state index in [1.165, 1.54) is 22.3 Å². The van der Waals surface area contributed by atoms with E-state index < -0.39 is 0 Å². The van der Waals surface area contributed by atoms with Crippen molar-refractivity contribution in [1.82, 2.24) is 0 Å². The van der Waals surface area contributed by atoms with Gasteiger partial charge in [-0.3, -0.25) is 0 Å². The van der Waals surface area contributed by atoms with Crippen molar-refractivity contribution in [3.8, 4) is 11.1 Å². The molecule has 1 aromatic heterocycles. The van der Waals surface area contributed by atoms with Crippen molar-refractivity contribution in [3.05, 3.63) is 45.1 Å². The Labute approximate surface area is 93.2 Å². The summed E-state index contributed by atoms with van der Waals surface area (Å²) in [6, 6.07) is 6.00. The zero-order chi connectivity index (χ0) is 10.1. The fraction of sp³-hybridized carbons (Fsp3) is 0.167. The number of aryl methyl sites for hydroxylation is 2. The topological polar surface area (TPSA) is 0 Å². The molecule has 0 fully saturated rings. The van der Waals surface area contributed by atoms with Crippen LogP contribution in [0, 0.1) is 19.2 Å². The zero-order valence-corrected chi connectivity index (χ0v) is 9.67. The van der Waals surface area contributed by atoms with E-state index in [0.717, 1.165) is 5.02 Å². The Morgan fingerprint density at radius 1 is 1.21 bits per heavy atom. The number of hydrogen-bond donors (Lipinski definition) is 0. The van der Waals surface area contributed by atoms with Crippen molar-refractivity contribution in [1.29, 1.82) is 0 Å². The quantitative estimate of drug-likeness (QED) is 0.666. The van der Waals surface area contributed by atoms with E-state index in [-0.39, 0.29) is 0 Å². The smallest absolute Gasteiger partial charge is 0.0481 e. The van der Waals surface area contributed by atoms with Crippen LogP contribution in [0.1, 0.15) is 11.1 Å². The molecule has 0 atom stereocenters. The van der Waals surface area contributed by atoms with Crippen LogP contribution in [0.3, 0.4) is 0 Å². The lowest BCUT2D eigenvalue weighted by Gasteiger charge is -2.05. The highest BCUT2D eigenvalue weighted by Gasteiger charge is 2.06. The molecule has 0 aliphatic heterocycles. The van der Waals surface area contributed by atoms with Gasteiger partial charge in [0.2, 0.25) is 0 Å². The summed E-state index contributed by atoms with van der Waals surface area (Å²) in [5, 5.41) is 6.14. The molecule has 71 valence electrons. The summed E-state index contributed by atoms with van der Waals surface area (Å²) in [6.45, 7) is 4.16. The number of hydrogen-bond acceptors (Lipinski definition) is 1. The lowest BCUT2D eigenvalue weighted by Crippen LogP contribution is -1.82. The molecule has 0 saturated heterocycles. The summed E-state index contributed by atoms with van der Waals surface area (Å²) in [7, 11) is 0. The molecule has 1 radical (unpaired) electrons. The van der Waals surface area contributed by atoms with Gasteiger partial charge in [-0.2, -0.15) is 0 Å². The molecule has 1 heterocycles. The normalized spacial score (nSPS) is 10.5. The van der Waals surface area contributed by atoms with Gasteiger partial charge >= 0.3 is 0 Å². The Balaban J connectivity index is 2.58. The summed E-state index contributed by atoms with van der Waals surface area (Å²) in [5.74, 6) is 0. The van der Waals surface area contributed by atoms with Gasteiger partial charge in [0.1, 0.15) is 0 Å². The van der Waals surface area contributed by atoms with Gasteiger partial charge in [-0.05, 0) is 53.6 Å². The highest BCUT2D eigenvalue weighted by atomic mass is 35.5. The molecule has 0 amide bonds. The largest absolute Gasteiger partial charge is 0.142 e. The van der Waals surface area contributed by atoms with Gasteiger partial charge in [0.05, 0.1) is 0 Å². The number of benzene rings is 1. The molecule has 1 aromatic carbocycles. The third-order valence-electron chi connectivity index (χ3n) is 2.27. The van der Waals surface area contributed by atoms with E-state index in [4.69, 9.17) is 11.6 Å². The van der Waals surface area contributed by atoms with Crippen LogP contribution in [0.2, 0.25) is 5.02 Å². The molecule has 2 rings (SSSR count). The first-order valence-corrected chi connectivity index (χ1v) is 5.66. The summed E-state index contributed by atoms with van der Waals surface area (Å²) in [6.07, 6.45) is 0. The maximum absolute atomic E-state index is 5.91. The minimum Gasteiger partial charge on any atom is -0.142 e. The SMILES string of the molecule is Cc1[c]scc1-c1ccc(Cl)cc1C. The maximum Gasteiger partial charge on any atom is 0.0481 e. The van der Waals surface area contributed by atoms with Crippen LogP contribution in [0.5, 0.6) is 0 Å². The van der Waals surface area contributed by atoms with Gasteiger partial charge in [0.15, 0.2) is 0 Å². The predicted octanol–water partition coefficient (Wildman–Crippen LogP) is 4.49. The van der Waals surface area contributed by atoms with Crippen molar-refractivity contribution < 1.29 is 0 Å². The Kier molecular flexibility index (Phi) is 2.62. The fourth-order valence-corrected chi connectivity index (χ4v) is 2.51. The molecule has 2 aromatic rings. The molecule has 0 aliphatic rings. The Hall–Kier alpha value is -0.790. The molecule has 0 N–H and O–H groups in total. The highest BCUT2D eigenvalue weighted by molar-refractivity contribution is 7.07. The lowest BCUT2D eigenvalue weighted by atomic mass is 10.0. The summed E-state index contributed by atoms with van der Waals surface area (Å²) >= 11 is 7.53. The van der Waals surface area contributed by atoms with Crippen LogP contribution >= 0.6 is 22.9 Å². The van der Waals surface area contributed by atoms with E-state index in [1.54, 1.807) is 11.3 Å². The van der Waals surface area contributed by atoms with Gasteiger partial charge < -0.3 is 0 Å². The summed E-state index contributed by atoms with van der Waals surface area (Å²) < 4.78 is 0. The molecule has 14 heavy (non-hydrogen) atoms. The monoisotopic (exact) mass is 221 g/mol. The molecular formula is C12H10ClS. The maximum atomic E-state index is 5.91. The third-order valence-corrected chi connectivity index (χ3v) is 3.28. The van der Waals surface area contributed by atoms with Crippen LogP contribution in [0.25, 0.3) is 11.1 Å². The van der Waals surface area contributed by atoms with Crippen molar-refractivity contribution in [2.75, 3.05) is 0 Å². The Morgan fingerprint density at radius 2 is 2.00 bits per heavy atom. The van der Waals surface area contributed by atoms with Crippen LogP contribution < -0.4 is 0 Å². The van der Waals surface area contributed by atoms with Crippen molar-refractivity contribution in [2.24, 2.45) is 0 Å². The number of thiophene rings is 1. The van der Waals surface area contributed by atoms with E-state index in [1.807, 2.05) is 12.1 Å². The van der Waals surface area contributed by atoms with Gasteiger partial charge in [-0.25, -0.2) is 0 Å². The second-order valence-electron chi connectivity index (χ2n) is 3.34. The van der Waals surface area contributed by atoms with E-state index in [9.17, 15) is 0 Å². The standard InChI is InChI=1S/C12H10ClS/c1-8-5-10(13)3-4-11(8)12-7-14-6-9(12)2/h3-5,7H,1-2H3. The van der Waals surface area contributed by atoms with Crippen LogP contribution in [-0.2, 0) is 0 Å². The first-order valence-electron chi connectivity index (χ1n) is 4.41. The summed E-state index contributed by atoms with van der Waals surface area (Å²) in [5.41, 5.74) is 4.95. The van der Waals surface area contributed by atoms with Crippen LogP contribution in [0.4, 0.5) is 0 Å². The molecule has 2 heteroatoms. The lowest BCUT2D eigenvalue weighted by molar-refractivity contribution is 1.44. The second-order valence-corrected chi connectivity index (χ2v) is 4.45. The highest BCUT2D eigenvalue weighted by Crippen LogP contribution is 2.30. The molecule has 0 nitrogen and oxygen atoms in total. The van der Waals surface area contributed by atoms with Gasteiger partial charge in [0.25, 0.3) is 0 Å². The minimum absolute atomic E-state index is 0.795. The molecule has 0 spiro atoms. The zero-order valence-electron chi connectivity index (χ0n) is 8.10. The van der Waals surface area contributed by atoms with Crippen molar-refractivity contribution >= 4 is 22.9 Å². The van der Waals surface area contributed by atoms with Gasteiger partial charge in [0, 0.05) is 10.4 Å². The molecular weight excluding hydrogens is 212 g/mol. The van der Waals surface area contributed by atoms with Crippen molar-refractivity contribution in [3.63, 3.8) is 0 Å². The molecule has 0 aliphatic carbocycles. The van der Waals surface area contributed by atoms with E-state index >= 15 is 0 Å². The average Bonchev–Trinajstić information content (AvgIpc) is 2.52. The molecule has 0 saturated carbocycles. The number of halogens is 1. The predicted molar refractivity (Wildman–Crippen MR) is 63.1 cm³/mol. The first-order chi connectivity index (χ1) is 6.68. The number of rotatable bonds is 1. The van der Waals surface area contributed by atoms with Gasteiger partial charge in [-0.15, -0.1) is 11.3 Å². The Bertz CT molecular complexity index is 457. The Morgan fingerprint density at radius 3 is 2.57 bits per heavy atom. The van der Waals surface area contributed by atoms with Gasteiger partial charge in [-0.1, -0.05) is 17.7 Å². The van der Waals surface area contributed by atoms with Crippen LogP contribution in [0.15, 0.2) is 23.6 Å². The molecule has 0 unspecified atom stereocenters. The van der Waals surface area contributed by atoms with E-state index in [0.29, 0.717) is 0 Å². The molecule has 0 bridgehead atoms. The average molecular weight is 222 g/mol. The summed E-state index contributed by atoms with van der Waals surface area (Å²) in [4.78, 5) is 0. The second kappa shape index (κ2) is 3.76. The van der Waals surface area contributed by atoms with Crippen LogP contribution in [-0.4, -0.2) is 0 Å². The van der Waals surface area contributed by atoms with E-state index in [2.05, 4.69) is 30.7 Å². The first kappa shape index (κ1) is 9.75. The van der Waals surface area contributed by atoms with Crippen molar-refractivity contribution in [2.45, 2.75) is 13.8 Å². The minimum atomic E-state index is 0.795.